The van der Waals surface area contributed by atoms with Gasteiger partial charge in [0.1, 0.15) is 29.8 Å². The van der Waals surface area contributed by atoms with E-state index in [2.05, 4.69) is 103 Å². The van der Waals surface area contributed by atoms with Gasteiger partial charge in [-0.25, -0.2) is 0 Å². The molecule has 8 aromatic rings. The smallest absolute Gasteiger partial charge is 0.273 e. The number of pyridine rings is 1. The van der Waals surface area contributed by atoms with Crippen LogP contribution in [0, 0.1) is 18.8 Å². The molecule has 2 aromatic heterocycles. The topological polar surface area (TPSA) is 176 Å². The van der Waals surface area contributed by atoms with Gasteiger partial charge in [-0.1, -0.05) is 170 Å². The Bertz CT molecular complexity index is 4410. The maximum absolute atomic E-state index is 14.2. The average Bonchev–Trinajstić information content (AvgIpc) is 1.69. The number of carbonyl (C=O) groups excluding carboxylic acids is 5. The quantitative estimate of drug-likeness (QED) is 0.0549. The monoisotopic (exact) mass is 1440 g/mol. The van der Waals surface area contributed by atoms with Crippen molar-refractivity contribution in [3.8, 4) is 11.5 Å². The van der Waals surface area contributed by atoms with Gasteiger partial charge < -0.3 is 25.0 Å². The third kappa shape index (κ3) is 21.5. The summed E-state index contributed by atoms with van der Waals surface area (Å²) in [5.41, 5.74) is 9.41. The molecule has 17 heteroatoms. The number of likely N-dealkylation sites (N-methyl/N-ethyl adjacent to an activating group) is 1. The highest BCUT2D eigenvalue weighted by molar-refractivity contribution is 7.07. The number of fused-ring (bicyclic) bond motifs is 3. The molecule has 3 aliphatic carbocycles. The number of nitrogens with one attached hydrogen (secondary N) is 2. The molecule has 5 fully saturated rings. The molecular formula is C88H108N8O8S. The number of Topliss-reactive ketones (excluding diaryl/α,β-unsaturated/α-hetero) is 2. The molecule has 13 rings (SSSR count). The molecule has 2 saturated heterocycles. The van der Waals surface area contributed by atoms with Crippen LogP contribution in [0.5, 0.6) is 11.5 Å². The minimum Gasteiger partial charge on any atom is -0.497 e. The van der Waals surface area contributed by atoms with Crippen molar-refractivity contribution in [3.05, 3.63) is 234 Å². The van der Waals surface area contributed by atoms with Gasteiger partial charge in [0, 0.05) is 48.2 Å². The van der Waals surface area contributed by atoms with E-state index in [0.29, 0.717) is 36.1 Å². The van der Waals surface area contributed by atoms with Crippen molar-refractivity contribution in [2.75, 3.05) is 51.3 Å². The van der Waals surface area contributed by atoms with Crippen LogP contribution in [0.25, 0.3) is 23.4 Å². The lowest BCUT2D eigenvalue weighted by atomic mass is 9.94. The third-order valence-electron chi connectivity index (χ3n) is 21.2. The van der Waals surface area contributed by atoms with Gasteiger partial charge in [-0.3, -0.25) is 53.0 Å². The number of thiazole rings is 1. The SMILES string of the molecule is C=C1C(N(CC)CC)CC(=O)N1c1cccc(C)c1.C=c1s/c(=C\c2ccc(C(C)C)cc2)c(=O)n1CN1CCCCC1.CC(=O)c1ccc(CCNC2CC3CCC2C3)cc1.COc1ccc(CN(C(=O)c2ccccn2)C(C(=O)NC2CCCCC2)c2ccc3cc(OCC(C)=O)ccc3c2)cc1. The highest BCUT2D eigenvalue weighted by atomic mass is 32.1. The van der Waals surface area contributed by atoms with E-state index in [1.165, 1.54) is 80.8 Å². The Labute approximate surface area is 625 Å². The summed E-state index contributed by atoms with van der Waals surface area (Å²) >= 11 is 1.49. The molecule has 2 bridgehead atoms. The highest BCUT2D eigenvalue weighted by Gasteiger charge is 2.40. The number of anilines is 1. The largest absolute Gasteiger partial charge is 0.497 e. The molecule has 4 heterocycles. The molecule has 3 amide bonds. The second-order valence-electron chi connectivity index (χ2n) is 29.1. The molecule has 3 saturated carbocycles. The van der Waals surface area contributed by atoms with Gasteiger partial charge in [0.25, 0.3) is 11.5 Å². The first-order valence-electron chi connectivity index (χ1n) is 38.0. The number of methoxy groups -OCH3 is 1. The molecule has 16 nitrogen and oxygen atoms in total. The number of ketones is 2. The van der Waals surface area contributed by atoms with E-state index < -0.39 is 6.04 Å². The number of carbonyl (C=O) groups is 5. The van der Waals surface area contributed by atoms with E-state index in [1.807, 2.05) is 109 Å². The number of hydrogen-bond donors (Lipinski definition) is 2. The van der Waals surface area contributed by atoms with Crippen LogP contribution in [0.4, 0.5) is 5.69 Å². The van der Waals surface area contributed by atoms with Gasteiger partial charge in [0.15, 0.2) is 11.6 Å². The summed E-state index contributed by atoms with van der Waals surface area (Å²) in [7, 11) is 1.61. The Balaban J connectivity index is 0.000000161. The van der Waals surface area contributed by atoms with Crippen molar-refractivity contribution >= 4 is 69.7 Å². The molecule has 6 aromatic carbocycles. The van der Waals surface area contributed by atoms with E-state index in [1.54, 1.807) is 54.3 Å². The summed E-state index contributed by atoms with van der Waals surface area (Å²) in [6.07, 6.45) is 19.8. The van der Waals surface area contributed by atoms with Crippen LogP contribution < -0.4 is 39.8 Å². The Morgan fingerprint density at radius 2 is 1.42 bits per heavy atom. The summed E-state index contributed by atoms with van der Waals surface area (Å²) < 4.78 is 14.4. The number of likely N-dealkylation sites (tertiary alicyclic amines) is 1. The zero-order valence-corrected chi connectivity index (χ0v) is 63.8. The number of benzene rings is 6. The first kappa shape index (κ1) is 78.5. The number of ether oxygens (including phenoxy) is 2. The summed E-state index contributed by atoms with van der Waals surface area (Å²) in [5.74, 6) is 3.46. The number of piperidine rings is 1. The van der Waals surface area contributed by atoms with Crippen LogP contribution in [-0.4, -0.2) is 118 Å². The van der Waals surface area contributed by atoms with Crippen LogP contribution in [0.3, 0.4) is 0 Å². The van der Waals surface area contributed by atoms with Crippen LogP contribution >= 0.6 is 11.3 Å². The third-order valence-corrected chi connectivity index (χ3v) is 22.1. The minimum absolute atomic E-state index is 0.00293. The van der Waals surface area contributed by atoms with Crippen molar-refractivity contribution in [1.29, 1.82) is 0 Å². The maximum Gasteiger partial charge on any atom is 0.273 e. The molecule has 554 valence electrons. The van der Waals surface area contributed by atoms with Crippen molar-refractivity contribution in [1.82, 2.24) is 34.9 Å². The first-order chi connectivity index (χ1) is 50.7. The molecule has 5 atom stereocenters. The van der Waals surface area contributed by atoms with Crippen molar-refractivity contribution in [2.24, 2.45) is 11.8 Å². The Hall–Kier alpha value is -9.13. The number of rotatable bonds is 24. The van der Waals surface area contributed by atoms with Gasteiger partial charge in [0.2, 0.25) is 11.8 Å². The second kappa shape index (κ2) is 38.2. The van der Waals surface area contributed by atoms with E-state index >= 15 is 0 Å². The molecule has 105 heavy (non-hydrogen) atoms. The minimum atomic E-state index is -0.906. The zero-order valence-electron chi connectivity index (χ0n) is 63.0. The van der Waals surface area contributed by atoms with Gasteiger partial charge in [0.05, 0.1) is 29.0 Å². The zero-order chi connectivity index (χ0) is 74.5. The standard InChI is InChI=1S/C35H37N3O5.C20H26N2OS.C17H23NO.C16H22N2O/c1-24(39)23-43-31-18-15-26-20-28(14-13-27(26)21-31)33(34(40)37-29-8-4-3-5-9-29)38(35(41)32-10-6-7-19-36-32)22-25-11-16-30(42-2)17-12-25;1-15(2)18-9-7-17(8-10-18)13-19-20(23)22(16(3)24-19)14-21-11-5-4-6-12-21;1-12(19)15-5-2-13(3-6-15)8-9-18-17-11-14-4-7-16(17)10-14;1-5-17(6-2)15-11-16(19)18(13(15)4)14-9-7-8-12(3)10-14/h6-7,10-21,29,33H,3-5,8-9,22-23H2,1-2H3,(H,37,40);7-10,13,15H,3-6,11-12,14H2,1-2H3;2-3,5-6,14,16-18H,4,7-11H2,1H3;7-10,15H,4-6,11H2,1-3H3/b;19-13-;;. The van der Waals surface area contributed by atoms with E-state index in [9.17, 15) is 28.8 Å². The Kier molecular flexibility index (Phi) is 28.6. The van der Waals surface area contributed by atoms with Gasteiger partial charge in [-0.15, -0.1) is 11.3 Å². The average molecular weight is 1440 g/mol. The van der Waals surface area contributed by atoms with Crippen molar-refractivity contribution < 1.29 is 33.4 Å². The van der Waals surface area contributed by atoms with Crippen LogP contribution in [0.15, 0.2) is 175 Å². The van der Waals surface area contributed by atoms with Gasteiger partial charge in [-0.2, -0.15) is 0 Å². The van der Waals surface area contributed by atoms with Crippen LogP contribution in [0.1, 0.15) is 191 Å². The molecule has 2 aliphatic heterocycles. The van der Waals surface area contributed by atoms with Gasteiger partial charge in [-0.05, 0) is 227 Å². The predicted molar refractivity (Wildman–Crippen MR) is 424 cm³/mol. The lowest BCUT2D eigenvalue weighted by Gasteiger charge is -2.33. The summed E-state index contributed by atoms with van der Waals surface area (Å²) in [6.45, 7) is 28.0. The van der Waals surface area contributed by atoms with Crippen molar-refractivity contribution in [3.63, 3.8) is 0 Å². The highest BCUT2D eigenvalue weighted by Crippen LogP contribution is 2.44. The molecule has 2 N–H and O–H groups in total. The van der Waals surface area contributed by atoms with E-state index in [0.717, 1.165) is 136 Å². The van der Waals surface area contributed by atoms with Gasteiger partial charge >= 0.3 is 0 Å². The molecule has 5 aliphatic rings. The Morgan fingerprint density at radius 1 is 0.733 bits per heavy atom. The van der Waals surface area contributed by atoms with E-state index in [-0.39, 0.29) is 65.8 Å². The van der Waals surface area contributed by atoms with E-state index in [4.69, 9.17) is 9.47 Å². The fourth-order valence-corrected chi connectivity index (χ4v) is 16.1. The Morgan fingerprint density at radius 3 is 2.06 bits per heavy atom. The maximum atomic E-state index is 14.2. The number of hydrogen-bond acceptors (Lipinski definition) is 13. The molecule has 0 spiro atoms. The fourth-order valence-electron chi connectivity index (χ4n) is 15.2. The fraction of sp³-hybridized carbons (Fsp3) is 0.420. The first-order valence-corrected chi connectivity index (χ1v) is 38.8. The van der Waals surface area contributed by atoms with Crippen molar-refractivity contribution in [2.45, 2.75) is 182 Å². The van der Waals surface area contributed by atoms with Crippen LogP contribution in [0.2, 0.25) is 0 Å². The molecular weight excluding hydrogens is 1330 g/mol. The predicted octanol–water partition coefficient (Wildman–Crippen LogP) is 14.9. The van der Waals surface area contributed by atoms with Crippen LogP contribution in [-0.2, 0) is 34.0 Å². The summed E-state index contributed by atoms with van der Waals surface area (Å²) in [5, 5.41) is 8.78. The summed E-state index contributed by atoms with van der Waals surface area (Å²) in [4.78, 5) is 88.3. The second-order valence-corrected chi connectivity index (χ2v) is 30.2. The lowest BCUT2D eigenvalue weighted by Crippen LogP contribution is -2.47. The molecule has 5 unspecified atom stereocenters. The molecule has 0 radical (unpaired) electrons. The lowest BCUT2D eigenvalue weighted by molar-refractivity contribution is -0.127. The summed E-state index contributed by atoms with van der Waals surface area (Å²) in [6, 6.07) is 48.6. The number of aryl methyl sites for hydroxylation is 1. The number of amides is 3. The number of aromatic nitrogens is 2. The normalized spacial score (nSPS) is 18.4. The number of nitrogens with zero attached hydrogens (tertiary/aromatic N) is 6.